The lowest BCUT2D eigenvalue weighted by Crippen LogP contribution is -2.31. The first kappa shape index (κ1) is 21.9. The van der Waals surface area contributed by atoms with E-state index in [9.17, 15) is 4.39 Å². The van der Waals surface area contributed by atoms with Gasteiger partial charge < -0.3 is 19.9 Å². The first-order valence-corrected chi connectivity index (χ1v) is 10.6. The molecular formula is C26H21F2N3O3. The van der Waals surface area contributed by atoms with Crippen LogP contribution in [0.3, 0.4) is 0 Å². The summed E-state index contributed by atoms with van der Waals surface area (Å²) in [6.45, 7) is 3.70. The van der Waals surface area contributed by atoms with Crippen LogP contribution in [-0.4, -0.2) is 30.3 Å². The van der Waals surface area contributed by atoms with Crippen LogP contribution in [0.1, 0.15) is 30.5 Å². The van der Waals surface area contributed by atoms with Gasteiger partial charge in [0.2, 0.25) is 5.95 Å². The Hall–Kier alpha value is -3.96. The number of halogens is 2. The van der Waals surface area contributed by atoms with E-state index in [1.54, 1.807) is 31.4 Å². The predicted octanol–water partition coefficient (Wildman–Crippen LogP) is 4.50. The van der Waals surface area contributed by atoms with Gasteiger partial charge in [0, 0.05) is 35.6 Å². The Morgan fingerprint density at radius 1 is 1.09 bits per heavy atom. The number of hydrogen-bond acceptors (Lipinski definition) is 6. The maximum absolute atomic E-state index is 15.3. The number of methoxy groups -OCH3 is 1. The second-order valence-corrected chi connectivity index (χ2v) is 8.58. The molecule has 0 saturated carbocycles. The van der Waals surface area contributed by atoms with E-state index in [1.165, 1.54) is 18.3 Å². The number of nitrogens with two attached hydrogens (primary N) is 1. The molecule has 34 heavy (non-hydrogen) atoms. The van der Waals surface area contributed by atoms with E-state index in [2.05, 4.69) is 21.8 Å². The van der Waals surface area contributed by atoms with E-state index in [1.807, 2.05) is 19.9 Å². The van der Waals surface area contributed by atoms with Crippen LogP contribution in [0.2, 0.25) is 0 Å². The molecule has 1 atom stereocenters. The van der Waals surface area contributed by atoms with Crippen molar-refractivity contribution < 1.29 is 23.0 Å². The van der Waals surface area contributed by atoms with Crippen LogP contribution >= 0.6 is 0 Å². The van der Waals surface area contributed by atoms with Gasteiger partial charge in [0.25, 0.3) is 6.02 Å². The number of amidine groups is 1. The Balaban J connectivity index is 1.69. The summed E-state index contributed by atoms with van der Waals surface area (Å²) >= 11 is 0. The summed E-state index contributed by atoms with van der Waals surface area (Å²) in [5.74, 6) is 5.29. The molecule has 5 rings (SSSR count). The smallest absolute Gasteiger partial charge is 0.283 e. The number of rotatable bonds is 2. The summed E-state index contributed by atoms with van der Waals surface area (Å²) in [4.78, 5) is 8.33. The number of pyridine rings is 1. The number of aromatic nitrogens is 1. The normalized spacial score (nSPS) is 18.2. The first-order valence-electron chi connectivity index (χ1n) is 10.6. The van der Waals surface area contributed by atoms with Crippen LogP contribution in [0.15, 0.2) is 53.7 Å². The molecule has 172 valence electrons. The molecular weight excluding hydrogens is 440 g/mol. The Morgan fingerprint density at radius 3 is 2.56 bits per heavy atom. The summed E-state index contributed by atoms with van der Waals surface area (Å²) in [7, 11) is 1.56. The average Bonchev–Trinajstić information content (AvgIpc) is 3.21. The summed E-state index contributed by atoms with van der Waals surface area (Å²) in [6.07, 6.45) is 1.44. The standard InChI is InChI=1S/C26H21F2N3O3/c1-25(2,32-3)9-8-15-10-19-23(20(27)11-15)34-21-6-4-16(17-5-7-22(28)30-13-17)12-18(21)26(19)14-33-24(29)31-26/h4-7,10-13H,14H2,1-3H3,(H2,29,31)/t26-/m1/s1. The van der Waals surface area contributed by atoms with E-state index in [0.29, 0.717) is 28.0 Å². The van der Waals surface area contributed by atoms with Gasteiger partial charge in [-0.25, -0.2) is 14.4 Å². The van der Waals surface area contributed by atoms with Crippen molar-refractivity contribution in [1.82, 2.24) is 4.98 Å². The fourth-order valence-corrected chi connectivity index (χ4v) is 3.98. The molecule has 2 aliphatic rings. The second-order valence-electron chi connectivity index (χ2n) is 8.58. The van der Waals surface area contributed by atoms with Gasteiger partial charge in [-0.3, -0.25) is 0 Å². The van der Waals surface area contributed by atoms with Crippen molar-refractivity contribution in [2.75, 3.05) is 13.7 Å². The highest BCUT2D eigenvalue weighted by molar-refractivity contribution is 5.78. The topological polar surface area (TPSA) is 79.0 Å². The van der Waals surface area contributed by atoms with Gasteiger partial charge in [-0.05, 0) is 55.8 Å². The molecule has 6 nitrogen and oxygen atoms in total. The highest BCUT2D eigenvalue weighted by Gasteiger charge is 2.48. The van der Waals surface area contributed by atoms with Gasteiger partial charge in [-0.1, -0.05) is 17.9 Å². The van der Waals surface area contributed by atoms with E-state index in [4.69, 9.17) is 19.9 Å². The zero-order valence-electron chi connectivity index (χ0n) is 18.8. The van der Waals surface area contributed by atoms with Gasteiger partial charge in [0.05, 0.1) is 0 Å². The van der Waals surface area contributed by atoms with Crippen molar-refractivity contribution in [1.29, 1.82) is 0 Å². The molecule has 0 saturated heterocycles. The Bertz CT molecular complexity index is 1390. The monoisotopic (exact) mass is 461 g/mol. The Kier molecular flexibility index (Phi) is 5.03. The summed E-state index contributed by atoms with van der Waals surface area (Å²) < 4.78 is 45.5. The molecule has 2 aliphatic heterocycles. The number of ether oxygens (including phenoxy) is 3. The molecule has 2 aromatic carbocycles. The third-order valence-corrected chi connectivity index (χ3v) is 5.94. The van der Waals surface area contributed by atoms with Crippen molar-refractivity contribution in [3.63, 3.8) is 0 Å². The van der Waals surface area contributed by atoms with Crippen LogP contribution in [0.4, 0.5) is 8.78 Å². The fraction of sp³-hybridized carbons (Fsp3) is 0.231. The van der Waals surface area contributed by atoms with Crippen molar-refractivity contribution in [2.24, 2.45) is 10.7 Å². The van der Waals surface area contributed by atoms with Gasteiger partial charge in [-0.2, -0.15) is 4.39 Å². The number of fused-ring (bicyclic) bond motifs is 4. The molecule has 0 radical (unpaired) electrons. The summed E-state index contributed by atoms with van der Waals surface area (Å²) in [6, 6.07) is 11.3. The van der Waals surface area contributed by atoms with Crippen LogP contribution in [0, 0.1) is 23.6 Å². The Morgan fingerprint density at radius 2 is 1.88 bits per heavy atom. The zero-order chi connectivity index (χ0) is 24.1. The van der Waals surface area contributed by atoms with E-state index < -0.39 is 22.9 Å². The number of nitrogens with zero attached hydrogens (tertiary/aromatic N) is 2. The molecule has 0 fully saturated rings. The lowest BCUT2D eigenvalue weighted by molar-refractivity contribution is 0.0741. The average molecular weight is 461 g/mol. The minimum Gasteiger partial charge on any atom is -0.462 e. The van der Waals surface area contributed by atoms with Crippen LogP contribution in [-0.2, 0) is 15.0 Å². The molecule has 1 spiro atoms. The second kappa shape index (κ2) is 7.82. The third kappa shape index (κ3) is 3.64. The molecule has 3 aromatic rings. The lowest BCUT2D eigenvalue weighted by Gasteiger charge is -2.34. The highest BCUT2D eigenvalue weighted by Crippen LogP contribution is 2.52. The molecule has 8 heteroatoms. The minimum absolute atomic E-state index is 0.00920. The third-order valence-electron chi connectivity index (χ3n) is 5.94. The fourth-order valence-electron chi connectivity index (χ4n) is 3.98. The quantitative estimate of drug-likeness (QED) is 0.449. The summed E-state index contributed by atoms with van der Waals surface area (Å²) in [5.41, 5.74) is 7.09. The number of aliphatic imine (C=N–C) groups is 1. The van der Waals surface area contributed by atoms with Crippen molar-refractivity contribution in [3.8, 4) is 34.5 Å². The van der Waals surface area contributed by atoms with Crippen LogP contribution in [0.25, 0.3) is 11.1 Å². The van der Waals surface area contributed by atoms with E-state index in [-0.39, 0.29) is 18.4 Å². The number of benzene rings is 2. The van der Waals surface area contributed by atoms with Crippen molar-refractivity contribution >= 4 is 6.02 Å². The van der Waals surface area contributed by atoms with E-state index in [0.717, 1.165) is 5.56 Å². The summed E-state index contributed by atoms with van der Waals surface area (Å²) in [5, 5.41) is 0. The Labute approximate surface area is 195 Å². The van der Waals surface area contributed by atoms with Crippen LogP contribution < -0.4 is 10.5 Å². The molecule has 2 N–H and O–H groups in total. The maximum Gasteiger partial charge on any atom is 0.283 e. The highest BCUT2D eigenvalue weighted by atomic mass is 19.1. The zero-order valence-corrected chi connectivity index (χ0v) is 18.8. The van der Waals surface area contributed by atoms with Gasteiger partial charge in [0.15, 0.2) is 17.1 Å². The van der Waals surface area contributed by atoms with Crippen molar-refractivity contribution in [3.05, 3.63) is 77.1 Å². The predicted molar refractivity (Wildman–Crippen MR) is 122 cm³/mol. The molecule has 3 heterocycles. The van der Waals surface area contributed by atoms with Gasteiger partial charge in [0.1, 0.15) is 18.0 Å². The number of hydrogen-bond donors (Lipinski definition) is 1. The molecule has 0 unspecified atom stereocenters. The molecule has 0 amide bonds. The molecule has 0 bridgehead atoms. The molecule has 1 aromatic heterocycles. The largest absolute Gasteiger partial charge is 0.462 e. The van der Waals surface area contributed by atoms with Gasteiger partial charge in [-0.15, -0.1) is 0 Å². The first-order chi connectivity index (χ1) is 16.2. The van der Waals surface area contributed by atoms with E-state index >= 15 is 4.39 Å². The maximum atomic E-state index is 15.3. The molecule has 0 aliphatic carbocycles. The minimum atomic E-state index is -1.13. The van der Waals surface area contributed by atoms with Crippen molar-refractivity contribution in [2.45, 2.75) is 25.0 Å². The van der Waals surface area contributed by atoms with Crippen LogP contribution in [0.5, 0.6) is 11.5 Å². The van der Waals surface area contributed by atoms with Gasteiger partial charge >= 0.3 is 0 Å². The lowest BCUT2D eigenvalue weighted by atomic mass is 9.79. The SMILES string of the molecule is COC(C)(C)C#Cc1cc(F)c2c(c1)[C@@]1(COC(N)=N1)c1cc(-c3ccc(F)nc3)ccc1O2.